The first-order valence-electron chi connectivity index (χ1n) is 25.8. The summed E-state index contributed by atoms with van der Waals surface area (Å²) < 4.78 is 16.7. The van der Waals surface area contributed by atoms with Gasteiger partial charge in [0, 0.05) is 19.3 Å². The van der Waals surface area contributed by atoms with Crippen LogP contribution in [0.5, 0.6) is 0 Å². The van der Waals surface area contributed by atoms with Crippen molar-refractivity contribution in [3.05, 3.63) is 97.2 Å². The second-order valence-corrected chi connectivity index (χ2v) is 16.8. The highest BCUT2D eigenvalue weighted by molar-refractivity contribution is 5.71. The Bertz CT molecular complexity index is 1280. The van der Waals surface area contributed by atoms with Crippen molar-refractivity contribution >= 4 is 17.9 Å². The number of unbranched alkanes of at least 4 members (excludes halogenated alkanes) is 23. The molecule has 0 saturated carbocycles. The molecule has 0 bridgehead atoms. The molecule has 0 aliphatic rings. The van der Waals surface area contributed by atoms with Gasteiger partial charge in [-0.3, -0.25) is 14.4 Å². The van der Waals surface area contributed by atoms with E-state index in [2.05, 4.69) is 57.2 Å². The zero-order valence-corrected chi connectivity index (χ0v) is 40.8. The maximum Gasteiger partial charge on any atom is 0.306 e. The van der Waals surface area contributed by atoms with Gasteiger partial charge in [-0.15, -0.1) is 0 Å². The van der Waals surface area contributed by atoms with Crippen LogP contribution in [0, 0.1) is 0 Å². The van der Waals surface area contributed by atoms with Crippen LogP contribution in [0.4, 0.5) is 0 Å². The van der Waals surface area contributed by atoms with Crippen LogP contribution in [0.2, 0.25) is 0 Å². The lowest BCUT2D eigenvalue weighted by molar-refractivity contribution is -0.167. The first-order chi connectivity index (χ1) is 31.0. The Labute approximate surface area is 387 Å². The van der Waals surface area contributed by atoms with Crippen molar-refractivity contribution < 1.29 is 28.6 Å². The van der Waals surface area contributed by atoms with E-state index in [0.29, 0.717) is 19.3 Å². The quantitative estimate of drug-likeness (QED) is 0.0199. The van der Waals surface area contributed by atoms with Crippen molar-refractivity contribution in [2.75, 3.05) is 13.2 Å². The predicted molar refractivity (Wildman–Crippen MR) is 270 cm³/mol. The number of rotatable bonds is 45. The van der Waals surface area contributed by atoms with E-state index in [0.717, 1.165) is 83.5 Å². The molecule has 0 aliphatic heterocycles. The minimum atomic E-state index is -0.801. The van der Waals surface area contributed by atoms with Crippen LogP contribution >= 0.6 is 0 Å². The average molecular weight is 875 g/mol. The minimum Gasteiger partial charge on any atom is -0.462 e. The Kier molecular flexibility index (Phi) is 48.0. The molecule has 358 valence electrons. The van der Waals surface area contributed by atoms with E-state index in [1.54, 1.807) is 0 Å². The van der Waals surface area contributed by atoms with Gasteiger partial charge < -0.3 is 14.2 Å². The molecule has 0 saturated heterocycles. The van der Waals surface area contributed by atoms with Crippen LogP contribution in [0.15, 0.2) is 97.2 Å². The summed E-state index contributed by atoms with van der Waals surface area (Å²) in [7, 11) is 0. The van der Waals surface area contributed by atoms with Crippen LogP contribution in [0.25, 0.3) is 0 Å². The fourth-order valence-electron chi connectivity index (χ4n) is 6.80. The van der Waals surface area contributed by atoms with Crippen LogP contribution in [-0.2, 0) is 28.6 Å². The number of ether oxygens (including phenoxy) is 3. The monoisotopic (exact) mass is 875 g/mol. The molecule has 1 atom stereocenters. The number of carbonyl (C=O) groups is 3. The van der Waals surface area contributed by atoms with Gasteiger partial charge in [0.05, 0.1) is 0 Å². The second kappa shape index (κ2) is 51.0. The molecule has 6 nitrogen and oxygen atoms in total. The summed E-state index contributed by atoms with van der Waals surface area (Å²) in [4.78, 5) is 37.9. The van der Waals surface area contributed by atoms with Gasteiger partial charge in [0.2, 0.25) is 0 Å². The lowest BCUT2D eigenvalue weighted by Gasteiger charge is -2.18. The van der Waals surface area contributed by atoms with E-state index in [4.69, 9.17) is 14.2 Å². The number of esters is 3. The second-order valence-electron chi connectivity index (χ2n) is 16.8. The Hall–Kier alpha value is -3.67. The van der Waals surface area contributed by atoms with E-state index >= 15 is 0 Å². The van der Waals surface area contributed by atoms with Gasteiger partial charge in [0.25, 0.3) is 0 Å². The zero-order chi connectivity index (χ0) is 45.8. The number of allylic oxidation sites excluding steroid dienone is 16. The third-order valence-electron chi connectivity index (χ3n) is 10.7. The first-order valence-corrected chi connectivity index (χ1v) is 25.8. The summed E-state index contributed by atoms with van der Waals surface area (Å²) in [5.74, 6) is -0.961. The molecule has 0 aromatic carbocycles. The van der Waals surface area contributed by atoms with Crippen molar-refractivity contribution in [2.45, 2.75) is 232 Å². The topological polar surface area (TPSA) is 78.9 Å². The molecular weight excluding hydrogens is 781 g/mol. The lowest BCUT2D eigenvalue weighted by atomic mass is 10.1. The van der Waals surface area contributed by atoms with Crippen LogP contribution < -0.4 is 0 Å². The van der Waals surface area contributed by atoms with Crippen LogP contribution in [0.3, 0.4) is 0 Å². The van der Waals surface area contributed by atoms with Gasteiger partial charge in [0.1, 0.15) is 13.2 Å². The fourth-order valence-corrected chi connectivity index (χ4v) is 6.80. The van der Waals surface area contributed by atoms with Crippen molar-refractivity contribution in [2.24, 2.45) is 0 Å². The van der Waals surface area contributed by atoms with Gasteiger partial charge in [-0.25, -0.2) is 0 Å². The molecule has 1 unspecified atom stereocenters. The van der Waals surface area contributed by atoms with Gasteiger partial charge in [-0.05, 0) is 83.5 Å². The third-order valence-corrected chi connectivity index (χ3v) is 10.7. The molecular formula is C57H94O6. The first kappa shape index (κ1) is 59.3. The maximum atomic E-state index is 12.8. The molecule has 0 spiro atoms. The molecule has 0 amide bonds. The lowest BCUT2D eigenvalue weighted by Crippen LogP contribution is -2.30. The highest BCUT2D eigenvalue weighted by Crippen LogP contribution is 2.14. The van der Waals surface area contributed by atoms with E-state index < -0.39 is 6.10 Å². The Morgan fingerprint density at radius 3 is 1.08 bits per heavy atom. The predicted octanol–water partition coefficient (Wildman–Crippen LogP) is 17.0. The normalized spacial score (nSPS) is 12.9. The standard InChI is InChI=1S/C57H94O6/c1-4-7-10-13-16-19-22-24-26-28-30-32-35-38-41-44-47-50-56(59)62-53-54(52-61-55(58)49-46-43-40-37-34-21-18-15-12-9-6-3)63-57(60)51-48-45-42-39-36-33-31-29-27-25-23-20-17-14-11-8-5-2/h7,10,13,15-16,18-19,22,24-28,30,32,35,54H,4-6,8-9,11-12,14,17,20-21,23,29,31,33-34,36-53H2,1-3H3/b10-7-,16-13-,18-15-,22-19-,26-24-,27-25-,30-28+,35-32-. The summed E-state index contributed by atoms with van der Waals surface area (Å²) in [6.45, 7) is 6.39. The number of carbonyl (C=O) groups excluding carboxylic acids is 3. The summed E-state index contributed by atoms with van der Waals surface area (Å²) in [6.07, 6.45) is 66.7. The largest absolute Gasteiger partial charge is 0.462 e. The van der Waals surface area contributed by atoms with Gasteiger partial charge in [0.15, 0.2) is 6.10 Å². The van der Waals surface area contributed by atoms with Gasteiger partial charge >= 0.3 is 17.9 Å². The average Bonchev–Trinajstić information content (AvgIpc) is 3.28. The number of hydrogen-bond donors (Lipinski definition) is 0. The smallest absolute Gasteiger partial charge is 0.306 e. The zero-order valence-electron chi connectivity index (χ0n) is 40.8. The summed E-state index contributed by atoms with van der Waals surface area (Å²) in [5, 5.41) is 0. The SMILES string of the molecule is CC\C=C/C=C\C=C/C=C\C=C\C=C/CCCCCC(=O)OCC(COC(=O)CCCCCCC/C=C\CCCC)OC(=O)CCCCCCCCC/C=C\CCCCCCCC. The molecule has 0 aromatic heterocycles. The molecule has 0 fully saturated rings. The summed E-state index contributed by atoms with van der Waals surface area (Å²) in [5.41, 5.74) is 0. The maximum absolute atomic E-state index is 12.8. The van der Waals surface area contributed by atoms with Crippen molar-refractivity contribution in [3.8, 4) is 0 Å². The Morgan fingerprint density at radius 2 is 0.651 bits per heavy atom. The number of hydrogen-bond acceptors (Lipinski definition) is 6. The van der Waals surface area contributed by atoms with Crippen molar-refractivity contribution in [1.82, 2.24) is 0 Å². The summed E-state index contributed by atoms with van der Waals surface area (Å²) in [6, 6.07) is 0. The third kappa shape index (κ3) is 49.2. The Morgan fingerprint density at radius 1 is 0.333 bits per heavy atom. The molecule has 6 heteroatoms. The molecule has 0 N–H and O–H groups in total. The Balaban J connectivity index is 4.48. The molecule has 0 heterocycles. The van der Waals surface area contributed by atoms with Gasteiger partial charge in [-0.1, -0.05) is 221 Å². The van der Waals surface area contributed by atoms with E-state index in [1.165, 1.54) is 103 Å². The van der Waals surface area contributed by atoms with Crippen molar-refractivity contribution in [3.63, 3.8) is 0 Å². The van der Waals surface area contributed by atoms with E-state index in [1.807, 2.05) is 60.8 Å². The molecule has 0 aromatic rings. The summed E-state index contributed by atoms with van der Waals surface area (Å²) >= 11 is 0. The van der Waals surface area contributed by atoms with Gasteiger partial charge in [-0.2, -0.15) is 0 Å². The minimum absolute atomic E-state index is 0.0992. The van der Waals surface area contributed by atoms with Crippen LogP contribution in [0.1, 0.15) is 226 Å². The molecule has 63 heavy (non-hydrogen) atoms. The molecule has 0 rings (SSSR count). The highest BCUT2D eigenvalue weighted by Gasteiger charge is 2.19. The fraction of sp³-hybridized carbons (Fsp3) is 0.667. The highest BCUT2D eigenvalue weighted by atomic mass is 16.6. The van der Waals surface area contributed by atoms with Crippen molar-refractivity contribution in [1.29, 1.82) is 0 Å². The van der Waals surface area contributed by atoms with E-state index in [-0.39, 0.29) is 31.1 Å². The van der Waals surface area contributed by atoms with Crippen LogP contribution in [-0.4, -0.2) is 37.2 Å². The molecule has 0 aliphatic carbocycles. The molecule has 0 radical (unpaired) electrons. The van der Waals surface area contributed by atoms with E-state index in [9.17, 15) is 14.4 Å².